The molecule has 0 saturated carbocycles. The first-order chi connectivity index (χ1) is 8.67. The SMILES string of the molecule is CCCC(CC)NC(=O)[C@@H](N)Cc1ccccc1. The number of rotatable bonds is 7. The molecule has 0 fully saturated rings. The highest BCUT2D eigenvalue weighted by Crippen LogP contribution is 2.04. The first-order valence-corrected chi connectivity index (χ1v) is 6.77. The second-order valence-electron chi connectivity index (χ2n) is 4.70. The van der Waals surface area contributed by atoms with Gasteiger partial charge in [-0.2, -0.15) is 0 Å². The maximum atomic E-state index is 12.0. The summed E-state index contributed by atoms with van der Waals surface area (Å²) in [6, 6.07) is 9.68. The molecule has 2 atom stereocenters. The number of hydrogen-bond donors (Lipinski definition) is 2. The third kappa shape index (κ3) is 4.88. The monoisotopic (exact) mass is 248 g/mol. The summed E-state index contributed by atoms with van der Waals surface area (Å²) < 4.78 is 0. The van der Waals surface area contributed by atoms with Gasteiger partial charge in [0.1, 0.15) is 0 Å². The van der Waals surface area contributed by atoms with Crippen LogP contribution in [0.15, 0.2) is 30.3 Å². The van der Waals surface area contributed by atoms with Crippen molar-refractivity contribution in [3.05, 3.63) is 35.9 Å². The molecule has 100 valence electrons. The van der Waals surface area contributed by atoms with Gasteiger partial charge in [0.05, 0.1) is 6.04 Å². The molecule has 1 aromatic rings. The Morgan fingerprint density at radius 3 is 2.50 bits per heavy atom. The molecule has 0 aliphatic carbocycles. The van der Waals surface area contributed by atoms with Gasteiger partial charge in [0, 0.05) is 6.04 Å². The van der Waals surface area contributed by atoms with Gasteiger partial charge in [-0.25, -0.2) is 0 Å². The van der Waals surface area contributed by atoms with Crippen molar-refractivity contribution >= 4 is 5.91 Å². The Labute approximate surface area is 110 Å². The zero-order valence-corrected chi connectivity index (χ0v) is 11.4. The Morgan fingerprint density at radius 1 is 1.28 bits per heavy atom. The van der Waals surface area contributed by atoms with Crippen LogP contribution >= 0.6 is 0 Å². The lowest BCUT2D eigenvalue weighted by molar-refractivity contribution is -0.123. The summed E-state index contributed by atoms with van der Waals surface area (Å²) in [6.45, 7) is 4.21. The van der Waals surface area contributed by atoms with E-state index in [1.807, 2.05) is 30.3 Å². The van der Waals surface area contributed by atoms with Crippen LogP contribution < -0.4 is 11.1 Å². The summed E-state index contributed by atoms with van der Waals surface area (Å²) in [7, 11) is 0. The fourth-order valence-corrected chi connectivity index (χ4v) is 2.00. The van der Waals surface area contributed by atoms with E-state index in [0.717, 1.165) is 24.8 Å². The Morgan fingerprint density at radius 2 is 1.94 bits per heavy atom. The van der Waals surface area contributed by atoms with E-state index in [1.165, 1.54) is 0 Å². The quantitative estimate of drug-likeness (QED) is 0.777. The van der Waals surface area contributed by atoms with Gasteiger partial charge in [0.15, 0.2) is 0 Å². The molecule has 18 heavy (non-hydrogen) atoms. The summed E-state index contributed by atoms with van der Waals surface area (Å²) >= 11 is 0. The molecule has 0 aliphatic heterocycles. The topological polar surface area (TPSA) is 55.1 Å². The molecule has 1 rings (SSSR count). The van der Waals surface area contributed by atoms with Crippen LogP contribution in [0.4, 0.5) is 0 Å². The minimum atomic E-state index is -0.460. The second-order valence-corrected chi connectivity index (χ2v) is 4.70. The Bertz CT molecular complexity index is 351. The molecule has 0 aromatic heterocycles. The molecule has 1 amide bonds. The van der Waals surface area contributed by atoms with Crippen LogP contribution in [0.1, 0.15) is 38.7 Å². The average Bonchev–Trinajstić information content (AvgIpc) is 2.39. The third-order valence-corrected chi connectivity index (χ3v) is 3.11. The summed E-state index contributed by atoms with van der Waals surface area (Å²) in [6.07, 6.45) is 3.64. The third-order valence-electron chi connectivity index (χ3n) is 3.11. The number of amides is 1. The van der Waals surface area contributed by atoms with Crippen molar-refractivity contribution in [2.24, 2.45) is 5.73 Å². The highest BCUT2D eigenvalue weighted by molar-refractivity contribution is 5.82. The molecular weight excluding hydrogens is 224 g/mol. The largest absolute Gasteiger partial charge is 0.352 e. The smallest absolute Gasteiger partial charge is 0.237 e. The van der Waals surface area contributed by atoms with Crippen molar-refractivity contribution in [3.63, 3.8) is 0 Å². The maximum Gasteiger partial charge on any atom is 0.237 e. The molecule has 3 N–H and O–H groups in total. The fraction of sp³-hybridized carbons (Fsp3) is 0.533. The molecular formula is C15H24N2O. The molecule has 0 spiro atoms. The van der Waals surface area contributed by atoms with Crippen LogP contribution in [0, 0.1) is 0 Å². The van der Waals surface area contributed by atoms with Gasteiger partial charge in [-0.05, 0) is 24.8 Å². The number of hydrogen-bond acceptors (Lipinski definition) is 2. The van der Waals surface area contributed by atoms with E-state index < -0.39 is 6.04 Å². The van der Waals surface area contributed by atoms with Crippen molar-refractivity contribution in [2.75, 3.05) is 0 Å². The zero-order valence-electron chi connectivity index (χ0n) is 11.4. The van der Waals surface area contributed by atoms with E-state index in [-0.39, 0.29) is 11.9 Å². The van der Waals surface area contributed by atoms with Crippen LogP contribution in [0.5, 0.6) is 0 Å². The van der Waals surface area contributed by atoms with Crippen LogP contribution in [-0.2, 0) is 11.2 Å². The number of nitrogens with one attached hydrogen (secondary N) is 1. The van der Waals surface area contributed by atoms with Crippen LogP contribution in [-0.4, -0.2) is 18.0 Å². The average molecular weight is 248 g/mol. The minimum absolute atomic E-state index is 0.0425. The molecule has 0 bridgehead atoms. The van der Waals surface area contributed by atoms with Crippen LogP contribution in [0.2, 0.25) is 0 Å². The van der Waals surface area contributed by atoms with Crippen molar-refractivity contribution in [1.82, 2.24) is 5.32 Å². The molecule has 0 aliphatic rings. The molecule has 3 heteroatoms. The Kier molecular flexibility index (Phi) is 6.44. The normalized spacial score (nSPS) is 13.9. The van der Waals surface area contributed by atoms with E-state index in [0.29, 0.717) is 6.42 Å². The predicted molar refractivity (Wildman–Crippen MR) is 75.3 cm³/mol. The molecule has 0 radical (unpaired) electrons. The minimum Gasteiger partial charge on any atom is -0.352 e. The Hall–Kier alpha value is -1.35. The van der Waals surface area contributed by atoms with Crippen molar-refractivity contribution in [1.29, 1.82) is 0 Å². The molecule has 1 unspecified atom stereocenters. The summed E-state index contributed by atoms with van der Waals surface area (Å²) in [5, 5.41) is 3.02. The number of carbonyl (C=O) groups is 1. The van der Waals surface area contributed by atoms with E-state index in [4.69, 9.17) is 5.73 Å². The summed E-state index contributed by atoms with van der Waals surface area (Å²) in [5.74, 6) is -0.0425. The number of carbonyl (C=O) groups excluding carboxylic acids is 1. The van der Waals surface area contributed by atoms with Gasteiger partial charge >= 0.3 is 0 Å². The van der Waals surface area contributed by atoms with E-state index >= 15 is 0 Å². The standard InChI is InChI=1S/C15H24N2O/c1-3-8-13(4-2)17-15(18)14(16)11-12-9-6-5-7-10-12/h5-7,9-10,13-14H,3-4,8,11,16H2,1-2H3,(H,17,18)/t13?,14-/m0/s1. The maximum absolute atomic E-state index is 12.0. The van der Waals surface area contributed by atoms with Gasteiger partial charge in [-0.15, -0.1) is 0 Å². The summed E-state index contributed by atoms with van der Waals surface area (Å²) in [4.78, 5) is 12.0. The van der Waals surface area contributed by atoms with Gasteiger partial charge < -0.3 is 11.1 Å². The lowest BCUT2D eigenvalue weighted by atomic mass is 10.0. The molecule has 3 nitrogen and oxygen atoms in total. The predicted octanol–water partition coefficient (Wildman–Crippen LogP) is 2.25. The summed E-state index contributed by atoms with van der Waals surface area (Å²) in [5.41, 5.74) is 7.04. The molecule has 1 aromatic carbocycles. The van der Waals surface area contributed by atoms with E-state index in [9.17, 15) is 4.79 Å². The van der Waals surface area contributed by atoms with Crippen molar-refractivity contribution in [3.8, 4) is 0 Å². The first-order valence-electron chi connectivity index (χ1n) is 6.77. The highest BCUT2D eigenvalue weighted by atomic mass is 16.2. The molecule has 0 saturated heterocycles. The lowest BCUT2D eigenvalue weighted by Crippen LogP contribution is -2.46. The molecule has 0 heterocycles. The van der Waals surface area contributed by atoms with Crippen LogP contribution in [0.25, 0.3) is 0 Å². The van der Waals surface area contributed by atoms with Gasteiger partial charge in [-0.3, -0.25) is 4.79 Å². The number of benzene rings is 1. The number of nitrogens with two attached hydrogens (primary N) is 1. The van der Waals surface area contributed by atoms with Crippen molar-refractivity contribution in [2.45, 2.75) is 51.6 Å². The second kappa shape index (κ2) is 7.88. The van der Waals surface area contributed by atoms with Gasteiger partial charge in [0.2, 0.25) is 5.91 Å². The van der Waals surface area contributed by atoms with E-state index in [1.54, 1.807) is 0 Å². The first kappa shape index (κ1) is 14.7. The fourth-order valence-electron chi connectivity index (χ4n) is 2.00. The van der Waals surface area contributed by atoms with Gasteiger partial charge in [0.25, 0.3) is 0 Å². The highest BCUT2D eigenvalue weighted by Gasteiger charge is 2.16. The zero-order chi connectivity index (χ0) is 13.4. The lowest BCUT2D eigenvalue weighted by Gasteiger charge is -2.19. The van der Waals surface area contributed by atoms with Crippen LogP contribution in [0.3, 0.4) is 0 Å². The van der Waals surface area contributed by atoms with Gasteiger partial charge in [-0.1, -0.05) is 50.6 Å². The Balaban J connectivity index is 2.46. The van der Waals surface area contributed by atoms with Crippen molar-refractivity contribution < 1.29 is 4.79 Å². The van der Waals surface area contributed by atoms with E-state index in [2.05, 4.69) is 19.2 Å².